The fourth-order valence-corrected chi connectivity index (χ4v) is 10.1. The second-order valence-electron chi connectivity index (χ2n) is 17.2. The predicted octanol–water partition coefficient (Wildman–Crippen LogP) is 16.8. The average molecular weight is 840 g/mol. The molecule has 0 aliphatic rings. The van der Waals surface area contributed by atoms with Gasteiger partial charge in [0.2, 0.25) is 0 Å². The molecule has 0 spiro atoms. The highest BCUT2D eigenvalue weighted by molar-refractivity contribution is 6.19. The van der Waals surface area contributed by atoms with E-state index in [0.29, 0.717) is 0 Å². The van der Waals surface area contributed by atoms with Gasteiger partial charge in [-0.3, -0.25) is 0 Å². The lowest BCUT2D eigenvalue weighted by Crippen LogP contribution is -1.96. The second-order valence-corrected chi connectivity index (χ2v) is 17.2. The molecule has 308 valence electrons. The maximum Gasteiger partial charge on any atom is 0.0715 e. The first-order valence-electron chi connectivity index (χ1n) is 22.6. The van der Waals surface area contributed by atoms with E-state index in [2.05, 4.69) is 258 Å². The standard InChI is InChI=1S/C63H41N3/c1-4-15-42(16-5-1)44-27-32-47(33-28-44)57-38-50(39-58(64-57)48-34-29-45(30-35-48)43-17-6-2-7-18-43)49-36-31-46-19-14-26-61(54(46)37-49)66-60-25-13-11-23-53(60)56-40-62-55(41-63(56)66)52-22-10-12-24-59(52)65(62)51-20-8-3-9-21-51/h1-41H. The predicted molar refractivity (Wildman–Crippen MR) is 278 cm³/mol. The van der Waals surface area contributed by atoms with Gasteiger partial charge in [0.15, 0.2) is 0 Å². The summed E-state index contributed by atoms with van der Waals surface area (Å²) in [5.74, 6) is 0. The number of aromatic nitrogens is 3. The summed E-state index contributed by atoms with van der Waals surface area (Å²) >= 11 is 0. The lowest BCUT2D eigenvalue weighted by molar-refractivity contribution is 1.18. The summed E-state index contributed by atoms with van der Waals surface area (Å²) in [6, 6.07) is 90.0. The van der Waals surface area contributed by atoms with Crippen LogP contribution in [0.15, 0.2) is 249 Å². The number of fused-ring (bicyclic) bond motifs is 7. The molecular weight excluding hydrogens is 799 g/mol. The summed E-state index contributed by atoms with van der Waals surface area (Å²) in [7, 11) is 0. The Kier molecular flexibility index (Phi) is 8.85. The monoisotopic (exact) mass is 839 g/mol. The number of nitrogens with zero attached hydrogens (tertiary/aromatic N) is 3. The van der Waals surface area contributed by atoms with Gasteiger partial charge in [-0.25, -0.2) is 4.98 Å². The van der Waals surface area contributed by atoms with Gasteiger partial charge in [-0.05, 0) is 99.4 Å². The molecule has 0 amide bonds. The van der Waals surface area contributed by atoms with Crippen molar-refractivity contribution in [3.05, 3.63) is 249 Å². The van der Waals surface area contributed by atoms with Crippen LogP contribution in [0.1, 0.15) is 0 Å². The zero-order valence-electron chi connectivity index (χ0n) is 36.0. The molecule has 3 heteroatoms. The van der Waals surface area contributed by atoms with Crippen LogP contribution in [0.3, 0.4) is 0 Å². The van der Waals surface area contributed by atoms with Gasteiger partial charge in [-0.2, -0.15) is 0 Å². The fourth-order valence-electron chi connectivity index (χ4n) is 10.1. The van der Waals surface area contributed by atoms with Crippen LogP contribution in [0.5, 0.6) is 0 Å². The number of hydrogen-bond acceptors (Lipinski definition) is 1. The first-order valence-corrected chi connectivity index (χ1v) is 22.6. The van der Waals surface area contributed by atoms with Crippen molar-refractivity contribution in [3.63, 3.8) is 0 Å². The minimum Gasteiger partial charge on any atom is -0.309 e. The van der Waals surface area contributed by atoms with E-state index in [4.69, 9.17) is 4.98 Å². The third kappa shape index (κ3) is 6.32. The Morgan fingerprint density at radius 2 is 0.697 bits per heavy atom. The number of rotatable bonds is 7. The highest BCUT2D eigenvalue weighted by Gasteiger charge is 2.20. The molecule has 0 radical (unpaired) electrons. The van der Waals surface area contributed by atoms with Crippen molar-refractivity contribution in [1.82, 2.24) is 14.1 Å². The van der Waals surface area contributed by atoms with Crippen molar-refractivity contribution in [2.45, 2.75) is 0 Å². The molecule has 10 aromatic carbocycles. The smallest absolute Gasteiger partial charge is 0.0715 e. The summed E-state index contributed by atoms with van der Waals surface area (Å²) in [4.78, 5) is 5.35. The highest BCUT2D eigenvalue weighted by Crippen LogP contribution is 2.42. The third-order valence-electron chi connectivity index (χ3n) is 13.3. The van der Waals surface area contributed by atoms with E-state index in [1.807, 2.05) is 0 Å². The van der Waals surface area contributed by atoms with E-state index in [-0.39, 0.29) is 0 Å². The van der Waals surface area contributed by atoms with Crippen LogP contribution in [0.4, 0.5) is 0 Å². The van der Waals surface area contributed by atoms with Gasteiger partial charge in [0.1, 0.15) is 0 Å². The Hall–Kier alpha value is -8.79. The first kappa shape index (κ1) is 37.7. The third-order valence-corrected chi connectivity index (χ3v) is 13.3. The summed E-state index contributed by atoms with van der Waals surface area (Å²) < 4.78 is 4.89. The minimum absolute atomic E-state index is 0.934. The van der Waals surface area contributed by atoms with Crippen molar-refractivity contribution in [2.75, 3.05) is 0 Å². The van der Waals surface area contributed by atoms with Gasteiger partial charge in [0, 0.05) is 43.7 Å². The van der Waals surface area contributed by atoms with E-state index in [9.17, 15) is 0 Å². The van der Waals surface area contributed by atoms with E-state index in [1.54, 1.807) is 0 Å². The van der Waals surface area contributed by atoms with Crippen molar-refractivity contribution >= 4 is 54.4 Å². The maximum absolute atomic E-state index is 5.35. The van der Waals surface area contributed by atoms with Crippen LogP contribution in [0.2, 0.25) is 0 Å². The molecule has 66 heavy (non-hydrogen) atoms. The van der Waals surface area contributed by atoms with Crippen molar-refractivity contribution in [2.24, 2.45) is 0 Å². The molecule has 0 fully saturated rings. The number of pyridine rings is 1. The number of hydrogen-bond donors (Lipinski definition) is 0. The molecule has 0 atom stereocenters. The molecular formula is C63H41N3. The zero-order valence-corrected chi connectivity index (χ0v) is 36.0. The Morgan fingerprint density at radius 3 is 1.27 bits per heavy atom. The molecule has 13 rings (SSSR count). The summed E-state index contributed by atoms with van der Waals surface area (Å²) in [6.45, 7) is 0. The molecule has 0 aliphatic carbocycles. The Bertz CT molecular complexity index is 3840. The van der Waals surface area contributed by atoms with E-state index in [1.165, 1.54) is 76.6 Å². The van der Waals surface area contributed by atoms with Crippen LogP contribution in [-0.4, -0.2) is 14.1 Å². The molecule has 0 bridgehead atoms. The quantitative estimate of drug-likeness (QED) is 0.157. The normalized spacial score (nSPS) is 11.6. The van der Waals surface area contributed by atoms with Crippen LogP contribution in [0.25, 0.3) is 122 Å². The van der Waals surface area contributed by atoms with Gasteiger partial charge >= 0.3 is 0 Å². The van der Waals surface area contributed by atoms with E-state index < -0.39 is 0 Å². The van der Waals surface area contributed by atoms with Gasteiger partial charge in [0.05, 0.1) is 39.1 Å². The maximum atomic E-state index is 5.35. The van der Waals surface area contributed by atoms with Gasteiger partial charge < -0.3 is 9.13 Å². The largest absolute Gasteiger partial charge is 0.309 e. The molecule has 3 heterocycles. The van der Waals surface area contributed by atoms with Crippen molar-refractivity contribution in [3.8, 4) is 67.3 Å². The fraction of sp³-hybridized carbons (Fsp3) is 0. The Morgan fingerprint density at radius 1 is 0.242 bits per heavy atom. The molecule has 0 N–H and O–H groups in total. The van der Waals surface area contributed by atoms with Gasteiger partial charge in [0.25, 0.3) is 0 Å². The van der Waals surface area contributed by atoms with E-state index in [0.717, 1.165) is 45.0 Å². The van der Waals surface area contributed by atoms with Crippen LogP contribution in [0, 0.1) is 0 Å². The van der Waals surface area contributed by atoms with Crippen LogP contribution >= 0.6 is 0 Å². The lowest BCUT2D eigenvalue weighted by atomic mass is 9.96. The van der Waals surface area contributed by atoms with Gasteiger partial charge in [-0.15, -0.1) is 0 Å². The van der Waals surface area contributed by atoms with Crippen molar-refractivity contribution in [1.29, 1.82) is 0 Å². The second kappa shape index (κ2) is 15.5. The molecule has 3 nitrogen and oxygen atoms in total. The summed E-state index contributed by atoms with van der Waals surface area (Å²) in [5, 5.41) is 7.30. The average Bonchev–Trinajstić information content (AvgIpc) is 3.90. The summed E-state index contributed by atoms with van der Waals surface area (Å²) in [6.07, 6.45) is 0. The first-order chi connectivity index (χ1) is 32.7. The van der Waals surface area contributed by atoms with Gasteiger partial charge in [-0.1, -0.05) is 188 Å². The SMILES string of the molecule is c1ccc(-c2ccc(-c3cc(-c4ccc5cccc(-n6c7ccccc7c7cc8c(cc76)c6ccccc6n8-c6ccccc6)c5c4)cc(-c4ccc(-c5ccccc5)cc4)n3)cc2)cc1. The lowest BCUT2D eigenvalue weighted by Gasteiger charge is -2.15. The molecule has 0 saturated heterocycles. The summed E-state index contributed by atoms with van der Waals surface area (Å²) in [5.41, 5.74) is 18.1. The molecule has 0 aliphatic heterocycles. The van der Waals surface area contributed by atoms with E-state index >= 15 is 0 Å². The minimum atomic E-state index is 0.934. The molecule has 0 saturated carbocycles. The van der Waals surface area contributed by atoms with Crippen LogP contribution < -0.4 is 0 Å². The number of para-hydroxylation sites is 3. The topological polar surface area (TPSA) is 22.8 Å². The van der Waals surface area contributed by atoms with Crippen LogP contribution in [-0.2, 0) is 0 Å². The Balaban J connectivity index is 0.996. The zero-order chi connectivity index (χ0) is 43.6. The van der Waals surface area contributed by atoms with Crippen molar-refractivity contribution < 1.29 is 0 Å². The Labute approximate surface area is 382 Å². The molecule has 3 aromatic heterocycles. The molecule has 13 aromatic rings. The number of benzene rings is 10. The molecule has 0 unspecified atom stereocenters. The highest BCUT2D eigenvalue weighted by atomic mass is 15.0.